The number of carbonyl (C=O) groups is 1. The molecule has 6 aromatic rings. The van der Waals surface area contributed by atoms with Crippen LogP contribution in [0.1, 0.15) is 16.7 Å². The van der Waals surface area contributed by atoms with Crippen LogP contribution in [0.4, 0.5) is 41.0 Å². The van der Waals surface area contributed by atoms with Gasteiger partial charge in [0.1, 0.15) is 12.5 Å². The number of hydrogen-bond donors (Lipinski definition) is 2. The maximum atomic E-state index is 14.5. The van der Waals surface area contributed by atoms with Crippen LogP contribution in [0.5, 0.6) is 0 Å². The number of thioether (sulfide) groups is 2. The second kappa shape index (κ2) is 15.6. The topological polar surface area (TPSA) is 119 Å². The summed E-state index contributed by atoms with van der Waals surface area (Å²) in [6.45, 7) is 2.11. The summed E-state index contributed by atoms with van der Waals surface area (Å²) in [5, 5.41) is 20.6. The zero-order valence-electron chi connectivity index (χ0n) is 29.3. The van der Waals surface area contributed by atoms with E-state index < -0.39 is 22.0 Å². The smallest absolute Gasteiger partial charge is 0.327 e. The summed E-state index contributed by atoms with van der Waals surface area (Å²) < 4.78 is 41.2. The number of hydroxylamine groups is 1. The number of aromatic nitrogens is 4. The molecular weight excluding hydrogens is 734 g/mol. The number of benzene rings is 4. The van der Waals surface area contributed by atoms with E-state index in [1.807, 2.05) is 66.9 Å². The van der Waals surface area contributed by atoms with Gasteiger partial charge in [-0.05, 0) is 67.5 Å². The second-order valence-corrected chi connectivity index (χ2v) is 13.8. The van der Waals surface area contributed by atoms with Crippen molar-refractivity contribution >= 4 is 52.6 Å². The summed E-state index contributed by atoms with van der Waals surface area (Å²) in [6, 6.07) is 26.9. The highest BCUT2D eigenvalue weighted by atomic mass is 32.2. The first-order chi connectivity index (χ1) is 26.1. The van der Waals surface area contributed by atoms with Gasteiger partial charge < -0.3 is 10.5 Å². The molecule has 274 valence electrons. The Hall–Kier alpha value is -5.32. The molecule has 0 fully saturated rings. The van der Waals surface area contributed by atoms with Crippen LogP contribution in [-0.4, -0.2) is 45.1 Å². The van der Waals surface area contributed by atoms with Gasteiger partial charge in [-0.25, -0.2) is 37.8 Å². The Kier molecular flexibility index (Phi) is 10.7. The number of quaternary nitrogens is 1. The Bertz CT molecular complexity index is 2340. The van der Waals surface area contributed by atoms with Gasteiger partial charge in [-0.1, -0.05) is 78.1 Å². The third-order valence-corrected chi connectivity index (χ3v) is 10.0. The molecule has 4 heterocycles. The summed E-state index contributed by atoms with van der Waals surface area (Å²) in [4.78, 5) is 32.4. The van der Waals surface area contributed by atoms with Crippen molar-refractivity contribution in [2.24, 2.45) is 0 Å². The number of rotatable bonds is 6. The number of urea groups is 1. The Morgan fingerprint density at radius 2 is 1.41 bits per heavy atom. The highest BCUT2D eigenvalue weighted by Crippen LogP contribution is 2.43. The molecule has 10 nitrogen and oxygen atoms in total. The molecule has 15 heteroatoms. The molecule has 2 aliphatic rings. The summed E-state index contributed by atoms with van der Waals surface area (Å²) in [5.74, 6) is -1.66. The first-order valence-electron chi connectivity index (χ1n) is 16.7. The summed E-state index contributed by atoms with van der Waals surface area (Å²) >= 11 is 2.68. The number of anilines is 2. The van der Waals surface area contributed by atoms with Gasteiger partial charge >= 0.3 is 6.03 Å². The van der Waals surface area contributed by atoms with Crippen LogP contribution in [-0.2, 0) is 13.1 Å². The average Bonchev–Trinajstić information content (AvgIpc) is 3.18. The molecule has 54 heavy (non-hydrogen) atoms. The van der Waals surface area contributed by atoms with Crippen LogP contribution in [0.15, 0.2) is 107 Å². The maximum Gasteiger partial charge on any atom is 0.327 e. The molecule has 2 aromatic heterocycles. The fraction of sp³-hybridized carbons (Fsp3) is 0.154. The van der Waals surface area contributed by atoms with E-state index >= 15 is 0 Å². The fourth-order valence-corrected chi connectivity index (χ4v) is 7.16. The monoisotopic (exact) mass is 766 g/mol. The molecule has 2 N–H and O–H groups in total. The Morgan fingerprint density at radius 3 is 2.07 bits per heavy atom. The van der Waals surface area contributed by atoms with E-state index in [-0.39, 0.29) is 30.9 Å². The van der Waals surface area contributed by atoms with Gasteiger partial charge in [0.2, 0.25) is 11.5 Å². The van der Waals surface area contributed by atoms with Gasteiger partial charge in [-0.3, -0.25) is 9.96 Å². The predicted octanol–water partition coefficient (Wildman–Crippen LogP) is 9.02. The quantitative estimate of drug-likeness (QED) is 0.0741. The maximum absolute atomic E-state index is 14.5. The molecule has 4 aromatic carbocycles. The molecule has 0 saturated heterocycles. The van der Waals surface area contributed by atoms with Gasteiger partial charge in [-0.2, -0.15) is 4.98 Å². The normalized spacial score (nSPS) is 16.1. The SMILES string of the molecule is CSc1nc(-c2ccc(F)cc2C)c2c(n1)[N+]([O-])(c1c(F)cccc1F)CNC2.CSc1nc(-c2ccccc2)c2c(n1)N(c1ccccc1)C(=O)NC2. The van der Waals surface area contributed by atoms with Crippen molar-refractivity contribution in [3.05, 3.63) is 136 Å². The molecule has 0 radical (unpaired) electrons. The number of nitrogens with one attached hydrogen (secondary N) is 2. The lowest BCUT2D eigenvalue weighted by Gasteiger charge is -2.44. The van der Waals surface area contributed by atoms with Crippen LogP contribution in [0.2, 0.25) is 0 Å². The average molecular weight is 767 g/mol. The van der Waals surface area contributed by atoms with E-state index in [0.29, 0.717) is 45.1 Å². The minimum atomic E-state index is -1.43. The number of halogens is 3. The van der Waals surface area contributed by atoms with E-state index in [9.17, 15) is 23.2 Å². The Balaban J connectivity index is 0.000000168. The van der Waals surface area contributed by atoms with Gasteiger partial charge in [0, 0.05) is 23.2 Å². The number of fused-ring (bicyclic) bond motifs is 2. The predicted molar refractivity (Wildman–Crippen MR) is 207 cm³/mol. The zero-order valence-corrected chi connectivity index (χ0v) is 30.9. The van der Waals surface area contributed by atoms with Crippen molar-refractivity contribution < 1.29 is 18.0 Å². The summed E-state index contributed by atoms with van der Waals surface area (Å²) in [7, 11) is 0. The van der Waals surface area contributed by atoms with Gasteiger partial charge in [-0.15, -0.1) is 0 Å². The minimum absolute atomic E-state index is 0.0224. The largest absolute Gasteiger partial charge is 0.620 e. The fourth-order valence-electron chi connectivity index (χ4n) is 6.43. The zero-order chi connectivity index (χ0) is 38.0. The van der Waals surface area contributed by atoms with E-state index in [1.54, 1.807) is 24.1 Å². The molecule has 2 amide bonds. The lowest BCUT2D eigenvalue weighted by atomic mass is 10.00. The molecule has 1 unspecified atom stereocenters. The first-order valence-corrected chi connectivity index (χ1v) is 19.2. The van der Waals surface area contributed by atoms with E-state index in [4.69, 9.17) is 4.98 Å². The van der Waals surface area contributed by atoms with Crippen molar-refractivity contribution in [1.29, 1.82) is 0 Å². The van der Waals surface area contributed by atoms with Crippen LogP contribution >= 0.6 is 23.5 Å². The van der Waals surface area contributed by atoms with Crippen LogP contribution < -0.4 is 20.2 Å². The van der Waals surface area contributed by atoms with E-state index in [1.165, 1.54) is 41.7 Å². The summed E-state index contributed by atoms with van der Waals surface area (Å²) in [6.07, 6.45) is 3.68. The van der Waals surface area contributed by atoms with Crippen molar-refractivity contribution in [3.8, 4) is 22.5 Å². The Morgan fingerprint density at radius 1 is 0.759 bits per heavy atom. The van der Waals surface area contributed by atoms with E-state index in [0.717, 1.165) is 34.6 Å². The number of hydrogen-bond acceptors (Lipinski definition) is 9. The number of para-hydroxylation sites is 2. The number of aryl methyl sites for hydroxylation is 1. The van der Waals surface area contributed by atoms with Crippen molar-refractivity contribution in [1.82, 2.24) is 35.2 Å². The van der Waals surface area contributed by atoms with Crippen molar-refractivity contribution in [3.63, 3.8) is 0 Å². The molecule has 0 saturated carbocycles. The third-order valence-electron chi connectivity index (χ3n) is 8.91. The highest BCUT2D eigenvalue weighted by Gasteiger charge is 2.39. The second-order valence-electron chi connectivity index (χ2n) is 12.3. The molecule has 2 aliphatic heterocycles. The molecular formula is C39H33F3N8O2S2. The van der Waals surface area contributed by atoms with Gasteiger partial charge in [0.25, 0.3) is 0 Å². The van der Waals surface area contributed by atoms with Crippen LogP contribution in [0, 0.1) is 29.6 Å². The number of nitrogens with zero attached hydrogens (tertiary/aromatic N) is 6. The molecule has 0 aliphatic carbocycles. The standard InChI is InChI=1S/C20H17F3N4OS.C19H16N4OS/c1-11-8-12(21)6-7-13(11)17-14-9-24-10-27(28,19(14)26-20(25-17)29-2)18-15(22)4-3-5-16(18)23;1-25-18-21-16(13-8-4-2-5-9-13)15-12-20-19(24)23(17(15)22-18)14-10-6-3-7-11-14/h3-8,24H,9-10H2,1-2H3;2-11H,12H2,1H3,(H,20,24). The first kappa shape index (κ1) is 37.0. The van der Waals surface area contributed by atoms with Crippen molar-refractivity contribution in [2.45, 2.75) is 30.3 Å². The van der Waals surface area contributed by atoms with Crippen molar-refractivity contribution in [2.75, 3.05) is 24.1 Å². The number of carbonyl (C=O) groups excluding carboxylic acids is 1. The third kappa shape index (κ3) is 7.03. The van der Waals surface area contributed by atoms with E-state index in [2.05, 4.69) is 25.6 Å². The molecule has 1 atom stereocenters. The lowest BCUT2D eigenvalue weighted by molar-refractivity contribution is 0.246. The molecule has 8 rings (SSSR count). The molecule has 0 spiro atoms. The van der Waals surface area contributed by atoms with Gasteiger partial charge in [0.15, 0.2) is 27.8 Å². The van der Waals surface area contributed by atoms with Crippen LogP contribution in [0.25, 0.3) is 22.5 Å². The van der Waals surface area contributed by atoms with Gasteiger partial charge in [0.05, 0.1) is 29.2 Å². The summed E-state index contributed by atoms with van der Waals surface area (Å²) in [5.41, 5.74) is 5.08. The van der Waals surface area contributed by atoms with Crippen LogP contribution in [0.3, 0.4) is 0 Å². The Labute approximate surface area is 318 Å². The minimum Gasteiger partial charge on any atom is -0.620 e. The molecule has 0 bridgehead atoms. The lowest BCUT2D eigenvalue weighted by Crippen LogP contribution is -2.51. The highest BCUT2D eigenvalue weighted by molar-refractivity contribution is 7.98. The number of amides is 2.